The highest BCUT2D eigenvalue weighted by Gasteiger charge is 2.35. The van der Waals surface area contributed by atoms with Gasteiger partial charge >= 0.3 is 0 Å². The van der Waals surface area contributed by atoms with Gasteiger partial charge in [-0.3, -0.25) is 14.4 Å². The molecule has 7 heteroatoms. The molecule has 2 unspecified atom stereocenters. The molecule has 0 radical (unpaired) electrons. The molecular weight excluding hydrogens is 392 g/mol. The molecule has 0 bridgehead atoms. The average Bonchev–Trinajstić information content (AvgIpc) is 2.90. The molecule has 1 saturated heterocycles. The first-order valence-corrected chi connectivity index (χ1v) is 10.9. The van der Waals surface area contributed by atoms with Crippen molar-refractivity contribution in [1.29, 1.82) is 0 Å². The summed E-state index contributed by atoms with van der Waals surface area (Å²) in [6, 6.07) is 14.3. The zero-order valence-corrected chi connectivity index (χ0v) is 17.7. The van der Waals surface area contributed by atoms with Crippen molar-refractivity contribution in [1.82, 2.24) is 15.5 Å². The molecule has 2 atom stereocenters. The lowest BCUT2D eigenvalue weighted by molar-refractivity contribution is -0.122. The first-order valence-electron chi connectivity index (χ1n) is 10.9. The van der Waals surface area contributed by atoms with Crippen LogP contribution in [0.5, 0.6) is 0 Å². The van der Waals surface area contributed by atoms with Crippen LogP contribution in [-0.4, -0.2) is 41.8 Å². The largest absolute Gasteiger partial charge is 0.361 e. The van der Waals surface area contributed by atoms with E-state index in [1.54, 1.807) is 18.2 Å². The number of anilines is 1. The molecule has 162 valence electrons. The first-order chi connectivity index (χ1) is 15.1. The summed E-state index contributed by atoms with van der Waals surface area (Å²) in [5, 5.41) is 9.12. The van der Waals surface area contributed by atoms with Gasteiger partial charge in [-0.2, -0.15) is 0 Å². The monoisotopic (exact) mass is 420 g/mol. The molecule has 2 aliphatic heterocycles. The Morgan fingerprint density at radius 3 is 2.81 bits per heavy atom. The number of nitrogens with zero attached hydrogens (tertiary/aromatic N) is 1. The Labute approximate surface area is 182 Å². The van der Waals surface area contributed by atoms with E-state index in [0.717, 1.165) is 30.5 Å². The van der Waals surface area contributed by atoms with Crippen molar-refractivity contribution >= 4 is 23.4 Å². The fourth-order valence-corrected chi connectivity index (χ4v) is 4.22. The molecule has 4 rings (SSSR count). The smallest absolute Gasteiger partial charge is 0.256 e. The third kappa shape index (κ3) is 4.40. The first kappa shape index (κ1) is 20.9. The third-order valence-corrected chi connectivity index (χ3v) is 5.79. The van der Waals surface area contributed by atoms with Gasteiger partial charge < -0.3 is 20.9 Å². The second-order valence-corrected chi connectivity index (χ2v) is 8.03. The van der Waals surface area contributed by atoms with Crippen LogP contribution in [0.1, 0.15) is 65.1 Å². The summed E-state index contributed by atoms with van der Waals surface area (Å²) in [6.45, 7) is 3.34. The van der Waals surface area contributed by atoms with E-state index in [2.05, 4.69) is 16.0 Å². The Hall–Kier alpha value is -3.35. The van der Waals surface area contributed by atoms with Crippen LogP contribution >= 0.6 is 0 Å². The molecule has 3 N–H and O–H groups in total. The van der Waals surface area contributed by atoms with Crippen molar-refractivity contribution in [3.63, 3.8) is 0 Å². The number of fused-ring (bicyclic) bond motifs is 1. The van der Waals surface area contributed by atoms with Crippen molar-refractivity contribution in [2.75, 3.05) is 18.4 Å². The van der Waals surface area contributed by atoms with Crippen LogP contribution < -0.4 is 16.0 Å². The molecule has 0 spiro atoms. The van der Waals surface area contributed by atoms with E-state index >= 15 is 0 Å². The predicted molar refractivity (Wildman–Crippen MR) is 119 cm³/mol. The van der Waals surface area contributed by atoms with Gasteiger partial charge in [0.2, 0.25) is 5.91 Å². The summed E-state index contributed by atoms with van der Waals surface area (Å²) in [5.74, 6) is -0.390. The van der Waals surface area contributed by atoms with Crippen molar-refractivity contribution in [2.24, 2.45) is 0 Å². The van der Waals surface area contributed by atoms with Gasteiger partial charge in [-0.25, -0.2) is 0 Å². The fraction of sp³-hybridized carbons (Fsp3) is 0.375. The quantitative estimate of drug-likeness (QED) is 0.670. The summed E-state index contributed by atoms with van der Waals surface area (Å²) in [7, 11) is 0. The second-order valence-electron chi connectivity index (χ2n) is 8.03. The molecule has 2 heterocycles. The Morgan fingerprint density at radius 1 is 1.13 bits per heavy atom. The number of carbonyl (C=O) groups excluding carboxylic acids is 3. The standard InChI is InChI=1S/C24H28N4O3/c1-2-14-28-21(18-10-3-4-11-19(18)24(28)31)26-17-9-7-8-16(15-17)22(29)27-20-12-5-6-13-25-23(20)30/h3-4,7-11,15,20-21,26H,2,5-6,12-14H2,1H3,(H,25,30)(H,27,29). The second kappa shape index (κ2) is 9.20. The van der Waals surface area contributed by atoms with Crippen LogP contribution in [0.2, 0.25) is 0 Å². The molecular formula is C24H28N4O3. The summed E-state index contributed by atoms with van der Waals surface area (Å²) in [4.78, 5) is 39.6. The number of hydrogen-bond donors (Lipinski definition) is 3. The van der Waals surface area contributed by atoms with Gasteiger partial charge in [0.05, 0.1) is 0 Å². The van der Waals surface area contributed by atoms with Gasteiger partial charge in [0.15, 0.2) is 0 Å². The van der Waals surface area contributed by atoms with Crippen LogP contribution in [0.25, 0.3) is 0 Å². The molecule has 1 fully saturated rings. The van der Waals surface area contributed by atoms with E-state index in [1.165, 1.54) is 0 Å². The zero-order valence-electron chi connectivity index (χ0n) is 17.7. The Bertz CT molecular complexity index is 990. The van der Waals surface area contributed by atoms with Crippen LogP contribution in [0.4, 0.5) is 5.69 Å². The summed E-state index contributed by atoms with van der Waals surface area (Å²) < 4.78 is 0. The Morgan fingerprint density at radius 2 is 1.97 bits per heavy atom. The Balaban J connectivity index is 1.52. The lowest BCUT2D eigenvalue weighted by atomic mass is 10.1. The Kier molecular flexibility index (Phi) is 6.21. The lowest BCUT2D eigenvalue weighted by Crippen LogP contribution is -2.45. The summed E-state index contributed by atoms with van der Waals surface area (Å²) in [5.41, 5.74) is 2.86. The topological polar surface area (TPSA) is 90.5 Å². The van der Waals surface area contributed by atoms with E-state index in [9.17, 15) is 14.4 Å². The fourth-order valence-electron chi connectivity index (χ4n) is 4.22. The van der Waals surface area contributed by atoms with Gasteiger partial charge in [-0.15, -0.1) is 0 Å². The minimum atomic E-state index is -0.508. The molecule has 2 aromatic rings. The van der Waals surface area contributed by atoms with E-state index in [-0.39, 0.29) is 23.9 Å². The number of benzene rings is 2. The number of carbonyl (C=O) groups is 3. The molecule has 0 aromatic heterocycles. The van der Waals surface area contributed by atoms with Gasteiger partial charge in [-0.1, -0.05) is 31.2 Å². The van der Waals surface area contributed by atoms with Crippen molar-refractivity contribution in [3.05, 3.63) is 65.2 Å². The maximum Gasteiger partial charge on any atom is 0.256 e. The number of nitrogens with one attached hydrogen (secondary N) is 3. The maximum atomic E-state index is 12.8. The van der Waals surface area contributed by atoms with Crippen molar-refractivity contribution in [2.45, 2.75) is 44.8 Å². The average molecular weight is 421 g/mol. The molecule has 0 aliphatic carbocycles. The van der Waals surface area contributed by atoms with E-state index in [0.29, 0.717) is 30.6 Å². The number of amides is 3. The molecule has 3 amide bonds. The molecule has 31 heavy (non-hydrogen) atoms. The highest BCUT2D eigenvalue weighted by atomic mass is 16.2. The van der Waals surface area contributed by atoms with E-state index in [1.807, 2.05) is 42.2 Å². The van der Waals surface area contributed by atoms with Crippen LogP contribution in [-0.2, 0) is 4.79 Å². The number of hydrogen-bond acceptors (Lipinski definition) is 4. The van der Waals surface area contributed by atoms with Crippen molar-refractivity contribution in [3.8, 4) is 0 Å². The van der Waals surface area contributed by atoms with E-state index in [4.69, 9.17) is 0 Å². The zero-order chi connectivity index (χ0) is 21.8. The van der Waals surface area contributed by atoms with Crippen LogP contribution in [0.15, 0.2) is 48.5 Å². The van der Waals surface area contributed by atoms with Gasteiger partial charge in [0, 0.05) is 35.5 Å². The van der Waals surface area contributed by atoms with E-state index < -0.39 is 6.04 Å². The maximum absolute atomic E-state index is 12.8. The molecule has 2 aromatic carbocycles. The molecule has 7 nitrogen and oxygen atoms in total. The highest BCUT2D eigenvalue weighted by Crippen LogP contribution is 2.34. The third-order valence-electron chi connectivity index (χ3n) is 5.79. The lowest BCUT2D eigenvalue weighted by Gasteiger charge is -2.27. The minimum Gasteiger partial charge on any atom is -0.361 e. The summed E-state index contributed by atoms with van der Waals surface area (Å²) >= 11 is 0. The summed E-state index contributed by atoms with van der Waals surface area (Å²) in [6.07, 6.45) is 3.03. The van der Waals surface area contributed by atoms with Gasteiger partial charge in [0.25, 0.3) is 11.8 Å². The van der Waals surface area contributed by atoms with Gasteiger partial charge in [0.1, 0.15) is 12.2 Å². The van der Waals surface area contributed by atoms with Crippen LogP contribution in [0.3, 0.4) is 0 Å². The molecule has 2 aliphatic rings. The SMILES string of the molecule is CCCN1C(=O)c2ccccc2C1Nc1cccc(C(=O)NC2CCCCNC2=O)c1. The number of rotatable bonds is 6. The predicted octanol–water partition coefficient (Wildman–Crippen LogP) is 3.06. The molecule has 0 saturated carbocycles. The highest BCUT2D eigenvalue weighted by molar-refractivity contribution is 6.00. The van der Waals surface area contributed by atoms with Crippen LogP contribution in [0, 0.1) is 0 Å². The van der Waals surface area contributed by atoms with Crippen molar-refractivity contribution < 1.29 is 14.4 Å². The minimum absolute atomic E-state index is 0.0169. The normalized spacial score (nSPS) is 20.6. The van der Waals surface area contributed by atoms with Gasteiger partial charge in [-0.05, 0) is 49.9 Å².